The third-order valence-electron chi connectivity index (χ3n) is 1.98. The maximum Gasteiger partial charge on any atom is 0.488 e. The lowest BCUT2D eigenvalue weighted by Gasteiger charge is -2.06. The molecule has 0 spiro atoms. The van der Waals surface area contributed by atoms with E-state index < -0.39 is 12.9 Å². The van der Waals surface area contributed by atoms with Crippen molar-refractivity contribution >= 4 is 12.6 Å². The minimum atomic E-state index is -1.63. The summed E-state index contributed by atoms with van der Waals surface area (Å²) in [7, 11) is -1.63. The molecule has 0 aromatic heterocycles. The van der Waals surface area contributed by atoms with Crippen molar-refractivity contribution in [1.82, 2.24) is 0 Å². The molecule has 0 saturated heterocycles. The number of benzene rings is 1. The van der Waals surface area contributed by atoms with Gasteiger partial charge in [0.2, 0.25) is 0 Å². The highest BCUT2D eigenvalue weighted by atomic mass is 19.1. The van der Waals surface area contributed by atoms with Crippen LogP contribution in [0, 0.1) is 5.82 Å². The topological polar surface area (TPSA) is 49.7 Å². The van der Waals surface area contributed by atoms with Gasteiger partial charge in [-0.2, -0.15) is 0 Å². The van der Waals surface area contributed by atoms with Gasteiger partial charge in [-0.3, -0.25) is 0 Å². The van der Waals surface area contributed by atoms with Gasteiger partial charge in [-0.15, -0.1) is 0 Å². The van der Waals surface area contributed by atoms with Crippen molar-refractivity contribution in [2.75, 3.05) is 6.61 Å². The SMILES string of the molecule is CCCOCc1ccc(B(O)O)cc1F. The van der Waals surface area contributed by atoms with Crippen LogP contribution in [-0.2, 0) is 11.3 Å². The van der Waals surface area contributed by atoms with Crippen molar-refractivity contribution in [3.05, 3.63) is 29.6 Å². The Morgan fingerprint density at radius 2 is 2.13 bits per heavy atom. The normalized spacial score (nSPS) is 10.4. The van der Waals surface area contributed by atoms with E-state index in [-0.39, 0.29) is 12.1 Å². The summed E-state index contributed by atoms with van der Waals surface area (Å²) < 4.78 is 18.5. The van der Waals surface area contributed by atoms with Crippen LogP contribution in [0.4, 0.5) is 4.39 Å². The molecule has 0 aliphatic rings. The van der Waals surface area contributed by atoms with Crippen LogP contribution >= 0.6 is 0 Å². The summed E-state index contributed by atoms with van der Waals surface area (Å²) in [6.07, 6.45) is 0.884. The monoisotopic (exact) mass is 212 g/mol. The summed E-state index contributed by atoms with van der Waals surface area (Å²) in [6.45, 7) is 2.77. The van der Waals surface area contributed by atoms with Crippen LogP contribution in [0.3, 0.4) is 0 Å². The van der Waals surface area contributed by atoms with E-state index in [0.717, 1.165) is 12.5 Å². The van der Waals surface area contributed by atoms with Crippen LogP contribution in [0.25, 0.3) is 0 Å². The molecule has 2 N–H and O–H groups in total. The molecule has 82 valence electrons. The van der Waals surface area contributed by atoms with Crippen LogP contribution in [0.1, 0.15) is 18.9 Å². The fraction of sp³-hybridized carbons (Fsp3) is 0.400. The predicted molar refractivity (Wildman–Crippen MR) is 56.2 cm³/mol. The Kier molecular flexibility index (Phi) is 4.75. The van der Waals surface area contributed by atoms with Gasteiger partial charge in [0.1, 0.15) is 5.82 Å². The molecule has 0 unspecified atom stereocenters. The van der Waals surface area contributed by atoms with E-state index in [4.69, 9.17) is 14.8 Å². The van der Waals surface area contributed by atoms with E-state index in [1.165, 1.54) is 12.1 Å². The Hall–Kier alpha value is -0.905. The summed E-state index contributed by atoms with van der Waals surface area (Å²) in [6, 6.07) is 4.08. The minimum Gasteiger partial charge on any atom is -0.423 e. The highest BCUT2D eigenvalue weighted by Gasteiger charge is 2.13. The molecule has 0 amide bonds. The van der Waals surface area contributed by atoms with Crippen LogP contribution in [-0.4, -0.2) is 23.8 Å². The second-order valence-electron chi connectivity index (χ2n) is 3.28. The predicted octanol–water partition coefficient (Wildman–Crippen LogP) is 0.432. The molecular formula is C10H14BFO3. The highest BCUT2D eigenvalue weighted by Crippen LogP contribution is 2.07. The average Bonchev–Trinajstić information content (AvgIpc) is 2.20. The third-order valence-corrected chi connectivity index (χ3v) is 1.98. The second kappa shape index (κ2) is 5.85. The van der Waals surface area contributed by atoms with Gasteiger partial charge in [0.15, 0.2) is 0 Å². The van der Waals surface area contributed by atoms with Gasteiger partial charge in [-0.05, 0) is 17.9 Å². The summed E-state index contributed by atoms with van der Waals surface area (Å²) in [5.41, 5.74) is 0.569. The Labute approximate surface area is 88.7 Å². The fourth-order valence-corrected chi connectivity index (χ4v) is 1.17. The molecule has 0 fully saturated rings. The van der Waals surface area contributed by atoms with Gasteiger partial charge >= 0.3 is 7.12 Å². The Morgan fingerprint density at radius 1 is 1.40 bits per heavy atom. The first kappa shape index (κ1) is 12.2. The summed E-state index contributed by atoms with van der Waals surface area (Å²) in [4.78, 5) is 0. The van der Waals surface area contributed by atoms with Gasteiger partial charge in [-0.1, -0.05) is 19.1 Å². The molecule has 1 rings (SSSR count). The number of hydrogen-bond acceptors (Lipinski definition) is 3. The van der Waals surface area contributed by atoms with E-state index in [1.807, 2.05) is 6.92 Å². The van der Waals surface area contributed by atoms with Crippen molar-refractivity contribution in [1.29, 1.82) is 0 Å². The molecule has 0 aliphatic heterocycles. The van der Waals surface area contributed by atoms with E-state index in [9.17, 15) is 4.39 Å². The van der Waals surface area contributed by atoms with Crippen molar-refractivity contribution in [3.8, 4) is 0 Å². The summed E-state index contributed by atoms with van der Waals surface area (Å²) >= 11 is 0. The van der Waals surface area contributed by atoms with E-state index in [1.54, 1.807) is 0 Å². The molecule has 5 heteroatoms. The largest absolute Gasteiger partial charge is 0.488 e. The number of rotatable bonds is 5. The number of hydrogen-bond donors (Lipinski definition) is 2. The lowest BCUT2D eigenvalue weighted by molar-refractivity contribution is 0.119. The van der Waals surface area contributed by atoms with Crippen LogP contribution < -0.4 is 5.46 Å². The van der Waals surface area contributed by atoms with Crippen LogP contribution in [0.5, 0.6) is 0 Å². The third kappa shape index (κ3) is 3.62. The smallest absolute Gasteiger partial charge is 0.423 e. The van der Waals surface area contributed by atoms with Crippen molar-refractivity contribution in [2.45, 2.75) is 20.0 Å². The van der Waals surface area contributed by atoms with Crippen molar-refractivity contribution in [2.24, 2.45) is 0 Å². The van der Waals surface area contributed by atoms with Crippen LogP contribution in [0.2, 0.25) is 0 Å². The van der Waals surface area contributed by atoms with Crippen molar-refractivity contribution < 1.29 is 19.2 Å². The highest BCUT2D eigenvalue weighted by molar-refractivity contribution is 6.58. The number of ether oxygens (including phenoxy) is 1. The molecule has 0 radical (unpaired) electrons. The minimum absolute atomic E-state index is 0.145. The van der Waals surface area contributed by atoms with E-state index >= 15 is 0 Å². The fourth-order valence-electron chi connectivity index (χ4n) is 1.17. The Balaban J connectivity index is 2.66. The average molecular weight is 212 g/mol. The molecule has 15 heavy (non-hydrogen) atoms. The lowest BCUT2D eigenvalue weighted by atomic mass is 9.80. The molecule has 0 aliphatic carbocycles. The molecule has 3 nitrogen and oxygen atoms in total. The van der Waals surface area contributed by atoms with Gasteiger partial charge in [-0.25, -0.2) is 4.39 Å². The van der Waals surface area contributed by atoms with Crippen molar-refractivity contribution in [3.63, 3.8) is 0 Å². The van der Waals surface area contributed by atoms with Gasteiger partial charge < -0.3 is 14.8 Å². The van der Waals surface area contributed by atoms with E-state index in [0.29, 0.717) is 12.2 Å². The quantitative estimate of drug-likeness (QED) is 0.549. The number of halogens is 1. The maximum atomic E-state index is 13.3. The van der Waals surface area contributed by atoms with Gasteiger partial charge in [0, 0.05) is 12.2 Å². The Bertz CT molecular complexity index is 318. The first-order chi connectivity index (χ1) is 7.15. The zero-order chi connectivity index (χ0) is 11.3. The maximum absolute atomic E-state index is 13.3. The zero-order valence-corrected chi connectivity index (χ0v) is 8.61. The van der Waals surface area contributed by atoms with Gasteiger partial charge in [0.05, 0.1) is 6.61 Å². The molecule has 0 bridgehead atoms. The first-order valence-corrected chi connectivity index (χ1v) is 4.87. The van der Waals surface area contributed by atoms with Gasteiger partial charge in [0.25, 0.3) is 0 Å². The molecule has 0 heterocycles. The van der Waals surface area contributed by atoms with E-state index in [2.05, 4.69) is 0 Å². The summed E-state index contributed by atoms with van der Waals surface area (Å²) in [5.74, 6) is -0.475. The molecule has 1 aromatic rings. The molecule has 0 atom stereocenters. The zero-order valence-electron chi connectivity index (χ0n) is 8.61. The molecule has 0 saturated carbocycles. The molecule has 1 aromatic carbocycles. The van der Waals surface area contributed by atoms with Crippen LogP contribution in [0.15, 0.2) is 18.2 Å². The Morgan fingerprint density at radius 3 is 2.67 bits per heavy atom. The second-order valence-corrected chi connectivity index (χ2v) is 3.28. The molecular weight excluding hydrogens is 198 g/mol. The lowest BCUT2D eigenvalue weighted by Crippen LogP contribution is -2.30. The standard InChI is InChI=1S/C10H14BFO3/c1-2-5-15-7-8-3-4-9(11(13)14)6-10(8)12/h3-4,6,13-14H,2,5,7H2,1H3. The first-order valence-electron chi connectivity index (χ1n) is 4.87. The summed E-state index contributed by atoms with van der Waals surface area (Å²) in [5, 5.41) is 17.6.